The van der Waals surface area contributed by atoms with E-state index in [9.17, 15) is 4.79 Å². The quantitative estimate of drug-likeness (QED) is 0.840. The summed E-state index contributed by atoms with van der Waals surface area (Å²) in [5.41, 5.74) is 0. The van der Waals surface area contributed by atoms with Gasteiger partial charge in [-0.15, -0.1) is 12.4 Å². The molecule has 2 unspecified atom stereocenters. The summed E-state index contributed by atoms with van der Waals surface area (Å²) in [6.45, 7) is 7.84. The molecule has 3 nitrogen and oxygen atoms in total. The average Bonchev–Trinajstić information content (AvgIpc) is 2.48. The smallest absolute Gasteiger partial charge is 0.222 e. The van der Waals surface area contributed by atoms with Crippen LogP contribution in [0, 0.1) is 11.8 Å². The third-order valence-electron chi connectivity index (χ3n) is 5.25. The summed E-state index contributed by atoms with van der Waals surface area (Å²) in [6, 6.07) is 0.509. The van der Waals surface area contributed by atoms with Crippen molar-refractivity contribution >= 4 is 18.3 Å². The van der Waals surface area contributed by atoms with Gasteiger partial charge in [-0.2, -0.15) is 0 Å². The van der Waals surface area contributed by atoms with E-state index in [2.05, 4.69) is 24.1 Å². The molecule has 2 saturated heterocycles. The minimum Gasteiger partial charge on any atom is -0.339 e. The van der Waals surface area contributed by atoms with E-state index in [0.717, 1.165) is 38.4 Å². The van der Waals surface area contributed by atoms with Crippen molar-refractivity contribution in [3.63, 3.8) is 0 Å². The molecule has 0 aromatic heterocycles. The van der Waals surface area contributed by atoms with Gasteiger partial charge in [-0.1, -0.05) is 20.3 Å². The third kappa shape index (κ3) is 5.45. The number of carbonyl (C=O) groups is 1. The number of halogens is 1. The SMILES string of the molecule is CCCC1C(C)CCCN1C(=O)CCC1CCNCC1.Cl. The van der Waals surface area contributed by atoms with Crippen molar-refractivity contribution in [2.45, 2.75) is 71.3 Å². The zero-order valence-electron chi connectivity index (χ0n) is 13.8. The first-order valence-corrected chi connectivity index (χ1v) is 8.72. The van der Waals surface area contributed by atoms with Gasteiger partial charge in [0.05, 0.1) is 0 Å². The fourth-order valence-corrected chi connectivity index (χ4v) is 3.94. The van der Waals surface area contributed by atoms with E-state index in [1.807, 2.05) is 0 Å². The van der Waals surface area contributed by atoms with Crippen LogP contribution in [0.15, 0.2) is 0 Å². The second-order valence-electron chi connectivity index (χ2n) is 6.79. The van der Waals surface area contributed by atoms with Crippen LogP contribution in [0.3, 0.4) is 0 Å². The molecule has 0 saturated carbocycles. The van der Waals surface area contributed by atoms with Gasteiger partial charge >= 0.3 is 0 Å². The Morgan fingerprint density at radius 2 is 1.90 bits per heavy atom. The van der Waals surface area contributed by atoms with Gasteiger partial charge in [0.25, 0.3) is 0 Å². The molecule has 0 aromatic rings. The van der Waals surface area contributed by atoms with Gasteiger partial charge in [-0.3, -0.25) is 4.79 Å². The highest BCUT2D eigenvalue weighted by Gasteiger charge is 2.31. The number of nitrogens with zero attached hydrogens (tertiary/aromatic N) is 1. The predicted molar refractivity (Wildman–Crippen MR) is 90.9 cm³/mol. The van der Waals surface area contributed by atoms with E-state index in [4.69, 9.17) is 0 Å². The summed E-state index contributed by atoms with van der Waals surface area (Å²) in [4.78, 5) is 14.8. The van der Waals surface area contributed by atoms with E-state index in [0.29, 0.717) is 17.9 Å². The highest BCUT2D eigenvalue weighted by Crippen LogP contribution is 2.28. The predicted octanol–water partition coefficient (Wildman–Crippen LogP) is 3.62. The van der Waals surface area contributed by atoms with Gasteiger partial charge in [0.1, 0.15) is 0 Å². The van der Waals surface area contributed by atoms with E-state index >= 15 is 0 Å². The number of nitrogens with one attached hydrogen (secondary N) is 1. The number of hydrogen-bond donors (Lipinski definition) is 1. The molecule has 0 bridgehead atoms. The van der Waals surface area contributed by atoms with Crippen LogP contribution in [0.25, 0.3) is 0 Å². The van der Waals surface area contributed by atoms with Crippen molar-refractivity contribution in [1.29, 1.82) is 0 Å². The largest absolute Gasteiger partial charge is 0.339 e. The van der Waals surface area contributed by atoms with Crippen LogP contribution in [0.4, 0.5) is 0 Å². The van der Waals surface area contributed by atoms with Crippen LogP contribution in [-0.4, -0.2) is 36.5 Å². The second kappa shape index (κ2) is 9.68. The lowest BCUT2D eigenvalue weighted by molar-refractivity contribution is -0.136. The van der Waals surface area contributed by atoms with E-state index in [-0.39, 0.29) is 12.4 Å². The number of piperidine rings is 2. The topological polar surface area (TPSA) is 32.3 Å². The highest BCUT2D eigenvalue weighted by molar-refractivity contribution is 5.85. The molecular weight excluding hydrogens is 284 g/mol. The maximum atomic E-state index is 12.6. The first kappa shape index (κ1) is 18.8. The van der Waals surface area contributed by atoms with Crippen LogP contribution in [-0.2, 0) is 4.79 Å². The van der Waals surface area contributed by atoms with Gasteiger partial charge < -0.3 is 10.2 Å². The van der Waals surface area contributed by atoms with Crippen molar-refractivity contribution in [1.82, 2.24) is 10.2 Å². The Morgan fingerprint density at radius 1 is 1.19 bits per heavy atom. The number of likely N-dealkylation sites (tertiary alicyclic amines) is 1. The number of carbonyl (C=O) groups excluding carboxylic acids is 1. The molecule has 2 atom stereocenters. The molecule has 1 amide bonds. The van der Waals surface area contributed by atoms with Gasteiger partial charge in [0.15, 0.2) is 0 Å². The molecule has 2 fully saturated rings. The first-order valence-electron chi connectivity index (χ1n) is 8.72. The van der Waals surface area contributed by atoms with Crippen molar-refractivity contribution in [3.8, 4) is 0 Å². The Bertz CT molecular complexity index is 305. The highest BCUT2D eigenvalue weighted by atomic mass is 35.5. The first-order chi connectivity index (χ1) is 9.72. The Balaban J connectivity index is 0.00000220. The molecule has 21 heavy (non-hydrogen) atoms. The lowest BCUT2D eigenvalue weighted by atomic mass is 9.87. The summed E-state index contributed by atoms with van der Waals surface area (Å²) in [6.07, 6.45) is 9.24. The lowest BCUT2D eigenvalue weighted by Gasteiger charge is -2.40. The zero-order chi connectivity index (χ0) is 14.4. The molecule has 124 valence electrons. The second-order valence-corrected chi connectivity index (χ2v) is 6.79. The maximum absolute atomic E-state index is 12.6. The fraction of sp³-hybridized carbons (Fsp3) is 0.941. The number of hydrogen-bond acceptors (Lipinski definition) is 2. The van der Waals surface area contributed by atoms with Crippen molar-refractivity contribution in [2.24, 2.45) is 11.8 Å². The van der Waals surface area contributed by atoms with Crippen LogP contribution in [0.1, 0.15) is 65.2 Å². The van der Waals surface area contributed by atoms with Gasteiger partial charge in [-0.25, -0.2) is 0 Å². The third-order valence-corrected chi connectivity index (χ3v) is 5.25. The molecule has 2 aliphatic rings. The van der Waals surface area contributed by atoms with E-state index in [1.165, 1.54) is 38.5 Å². The van der Waals surface area contributed by atoms with Crippen LogP contribution in [0.2, 0.25) is 0 Å². The summed E-state index contributed by atoms with van der Waals surface area (Å²) in [5, 5.41) is 3.40. The number of rotatable bonds is 5. The molecule has 0 spiro atoms. The van der Waals surface area contributed by atoms with E-state index in [1.54, 1.807) is 0 Å². The Morgan fingerprint density at radius 3 is 2.57 bits per heavy atom. The Labute approximate surface area is 136 Å². The molecule has 0 aliphatic carbocycles. The maximum Gasteiger partial charge on any atom is 0.222 e. The van der Waals surface area contributed by atoms with Crippen LogP contribution in [0.5, 0.6) is 0 Å². The lowest BCUT2D eigenvalue weighted by Crippen LogP contribution is -2.47. The normalized spacial score (nSPS) is 27.2. The molecule has 4 heteroatoms. The van der Waals surface area contributed by atoms with Crippen molar-refractivity contribution in [2.75, 3.05) is 19.6 Å². The standard InChI is InChI=1S/C17H32N2O.ClH/c1-3-5-16-14(2)6-4-13-19(16)17(20)8-7-15-9-11-18-12-10-15;/h14-16,18H,3-13H2,1-2H3;1H. The van der Waals surface area contributed by atoms with Gasteiger partial charge in [-0.05, 0) is 63.5 Å². The molecule has 2 rings (SSSR count). The Hall–Kier alpha value is -0.280. The van der Waals surface area contributed by atoms with Gasteiger partial charge in [0.2, 0.25) is 5.91 Å². The summed E-state index contributed by atoms with van der Waals surface area (Å²) in [7, 11) is 0. The van der Waals surface area contributed by atoms with Gasteiger partial charge in [0, 0.05) is 19.0 Å². The Kier molecular flexibility index (Phi) is 8.65. The van der Waals surface area contributed by atoms with Crippen LogP contribution < -0.4 is 5.32 Å². The minimum atomic E-state index is 0. The zero-order valence-corrected chi connectivity index (χ0v) is 14.6. The summed E-state index contributed by atoms with van der Waals surface area (Å²) >= 11 is 0. The monoisotopic (exact) mass is 316 g/mol. The summed E-state index contributed by atoms with van der Waals surface area (Å²) in [5.74, 6) is 1.88. The fourth-order valence-electron chi connectivity index (χ4n) is 3.94. The molecule has 2 heterocycles. The minimum absolute atomic E-state index is 0. The number of amides is 1. The van der Waals surface area contributed by atoms with E-state index < -0.39 is 0 Å². The van der Waals surface area contributed by atoms with Crippen molar-refractivity contribution < 1.29 is 4.79 Å². The van der Waals surface area contributed by atoms with Crippen molar-refractivity contribution in [3.05, 3.63) is 0 Å². The average molecular weight is 317 g/mol. The van der Waals surface area contributed by atoms with Crippen LogP contribution >= 0.6 is 12.4 Å². The molecular formula is C17H33ClN2O. The molecule has 0 aromatic carbocycles. The molecule has 1 N–H and O–H groups in total. The summed E-state index contributed by atoms with van der Waals surface area (Å²) < 4.78 is 0. The molecule has 0 radical (unpaired) electrons. The molecule has 2 aliphatic heterocycles.